The van der Waals surface area contributed by atoms with Gasteiger partial charge in [0.05, 0.1) is 4.92 Å². The maximum Gasteiger partial charge on any atom is 0.269 e. The number of nitrogens with zero attached hydrogens (tertiary/aromatic N) is 1. The minimum Gasteiger partial charge on any atom is -0.490 e. The highest BCUT2D eigenvalue weighted by molar-refractivity contribution is 5.35. The van der Waals surface area contributed by atoms with Crippen LogP contribution < -0.4 is 4.74 Å². The minimum absolute atomic E-state index is 0.0541. The van der Waals surface area contributed by atoms with Crippen LogP contribution in [0.3, 0.4) is 0 Å². The van der Waals surface area contributed by atoms with Crippen LogP contribution in [0.5, 0.6) is 5.75 Å². The summed E-state index contributed by atoms with van der Waals surface area (Å²) in [6.45, 7) is -0.244. The van der Waals surface area contributed by atoms with E-state index >= 15 is 0 Å². The summed E-state index contributed by atoms with van der Waals surface area (Å²) in [6.07, 6.45) is -1.13. The zero-order valence-electron chi connectivity index (χ0n) is 10.7. The van der Waals surface area contributed by atoms with Crippen molar-refractivity contribution in [3.63, 3.8) is 0 Å². The normalized spacial score (nSPS) is 12.0. The lowest BCUT2D eigenvalue weighted by molar-refractivity contribution is -0.385. The molecule has 0 saturated carbocycles. The van der Waals surface area contributed by atoms with E-state index in [0.717, 1.165) is 12.1 Å². The fraction of sp³-hybridized carbons (Fsp3) is 0.143. The molecule has 0 amide bonds. The van der Waals surface area contributed by atoms with Gasteiger partial charge in [-0.3, -0.25) is 10.1 Å². The molecule has 2 rings (SSSR count). The minimum atomic E-state index is -1.13. The van der Waals surface area contributed by atoms with Crippen LogP contribution in [0.2, 0.25) is 0 Å². The third kappa shape index (κ3) is 3.73. The van der Waals surface area contributed by atoms with E-state index in [2.05, 4.69) is 0 Å². The Bertz CT molecular complexity index is 663. The number of rotatable bonds is 5. The van der Waals surface area contributed by atoms with E-state index in [1.54, 1.807) is 0 Å². The highest BCUT2D eigenvalue weighted by atomic mass is 19.2. The summed E-state index contributed by atoms with van der Waals surface area (Å²) in [5.41, 5.74) is 0.145. The fourth-order valence-electron chi connectivity index (χ4n) is 1.68. The molecular weight excluding hydrogens is 284 g/mol. The largest absolute Gasteiger partial charge is 0.490 e. The van der Waals surface area contributed by atoms with Crippen LogP contribution in [0, 0.1) is 21.7 Å². The molecule has 0 aromatic heterocycles. The Morgan fingerprint density at radius 3 is 2.62 bits per heavy atom. The molecule has 0 aliphatic carbocycles. The Morgan fingerprint density at radius 2 is 1.95 bits per heavy atom. The van der Waals surface area contributed by atoms with Crippen LogP contribution in [-0.4, -0.2) is 16.6 Å². The molecule has 2 aromatic rings. The second-order valence-corrected chi connectivity index (χ2v) is 4.25. The van der Waals surface area contributed by atoms with Gasteiger partial charge in [0.25, 0.3) is 5.69 Å². The molecule has 1 N–H and O–H groups in total. The predicted octanol–water partition coefficient (Wildman–Crippen LogP) is 2.99. The molecule has 1 unspecified atom stereocenters. The third-order valence-electron chi connectivity index (χ3n) is 2.76. The average molecular weight is 295 g/mol. The smallest absolute Gasteiger partial charge is 0.269 e. The monoisotopic (exact) mass is 295 g/mol. The number of aliphatic hydroxyl groups is 1. The molecule has 0 spiro atoms. The Hall–Kier alpha value is -2.54. The lowest BCUT2D eigenvalue weighted by Crippen LogP contribution is -2.10. The van der Waals surface area contributed by atoms with Crippen LogP contribution in [-0.2, 0) is 0 Å². The summed E-state index contributed by atoms with van der Waals surface area (Å²) in [6, 6.07) is 8.45. The number of halogens is 2. The molecule has 110 valence electrons. The van der Waals surface area contributed by atoms with Gasteiger partial charge >= 0.3 is 0 Å². The summed E-state index contributed by atoms with van der Waals surface area (Å²) in [4.78, 5) is 10.1. The zero-order chi connectivity index (χ0) is 15.4. The Labute approximate surface area is 118 Å². The number of non-ortho nitro benzene ring substituents is 1. The van der Waals surface area contributed by atoms with Crippen molar-refractivity contribution < 1.29 is 23.5 Å². The van der Waals surface area contributed by atoms with E-state index in [4.69, 9.17) is 4.74 Å². The zero-order valence-corrected chi connectivity index (χ0v) is 10.7. The number of aliphatic hydroxyl groups excluding tert-OH is 1. The van der Waals surface area contributed by atoms with E-state index in [1.807, 2.05) is 0 Å². The number of nitro benzene ring substituents is 1. The Balaban J connectivity index is 2.04. The summed E-state index contributed by atoms with van der Waals surface area (Å²) < 4.78 is 30.8. The molecule has 0 heterocycles. The molecule has 0 saturated heterocycles. The Morgan fingerprint density at radius 1 is 1.19 bits per heavy atom. The highest BCUT2D eigenvalue weighted by Crippen LogP contribution is 2.21. The first-order valence-electron chi connectivity index (χ1n) is 5.97. The second-order valence-electron chi connectivity index (χ2n) is 4.25. The van der Waals surface area contributed by atoms with Gasteiger partial charge in [-0.2, -0.15) is 0 Å². The molecule has 7 heteroatoms. The molecule has 1 atom stereocenters. The summed E-state index contributed by atoms with van der Waals surface area (Å²) in [5.74, 6) is -2.00. The first-order chi connectivity index (χ1) is 9.97. The van der Waals surface area contributed by atoms with Crippen molar-refractivity contribution in [1.82, 2.24) is 0 Å². The van der Waals surface area contributed by atoms with Crippen molar-refractivity contribution in [2.75, 3.05) is 6.61 Å². The van der Waals surface area contributed by atoms with Crippen molar-refractivity contribution >= 4 is 5.69 Å². The molecule has 0 aliphatic heterocycles. The van der Waals surface area contributed by atoms with E-state index in [1.165, 1.54) is 30.3 Å². The molecule has 21 heavy (non-hydrogen) atoms. The van der Waals surface area contributed by atoms with E-state index in [9.17, 15) is 24.0 Å². The second kappa shape index (κ2) is 6.27. The van der Waals surface area contributed by atoms with Gasteiger partial charge in [0.2, 0.25) is 0 Å². The summed E-state index contributed by atoms with van der Waals surface area (Å²) in [5, 5.41) is 20.5. The maximum atomic E-state index is 13.0. The van der Waals surface area contributed by atoms with Gasteiger partial charge in [0.15, 0.2) is 11.6 Å². The quantitative estimate of drug-likeness (QED) is 0.680. The average Bonchev–Trinajstić information content (AvgIpc) is 2.48. The number of ether oxygens (including phenoxy) is 1. The molecule has 0 radical (unpaired) electrons. The van der Waals surface area contributed by atoms with Crippen LogP contribution in [0.1, 0.15) is 11.7 Å². The molecule has 0 bridgehead atoms. The number of hydrogen-bond acceptors (Lipinski definition) is 4. The van der Waals surface area contributed by atoms with E-state index < -0.39 is 22.7 Å². The van der Waals surface area contributed by atoms with Crippen molar-refractivity contribution in [2.24, 2.45) is 0 Å². The van der Waals surface area contributed by atoms with Crippen LogP contribution in [0.15, 0.2) is 42.5 Å². The predicted molar refractivity (Wildman–Crippen MR) is 69.9 cm³/mol. The van der Waals surface area contributed by atoms with Crippen molar-refractivity contribution in [3.8, 4) is 5.75 Å². The van der Waals surface area contributed by atoms with Crippen LogP contribution in [0.25, 0.3) is 0 Å². The summed E-state index contributed by atoms with van der Waals surface area (Å²) >= 11 is 0. The molecule has 0 aliphatic rings. The van der Waals surface area contributed by atoms with Gasteiger partial charge in [0, 0.05) is 18.2 Å². The fourth-order valence-corrected chi connectivity index (χ4v) is 1.68. The van der Waals surface area contributed by atoms with Gasteiger partial charge in [-0.05, 0) is 17.7 Å². The van der Waals surface area contributed by atoms with Gasteiger partial charge in [-0.25, -0.2) is 8.78 Å². The van der Waals surface area contributed by atoms with E-state index in [-0.39, 0.29) is 18.0 Å². The topological polar surface area (TPSA) is 72.6 Å². The van der Waals surface area contributed by atoms with Crippen molar-refractivity contribution in [1.29, 1.82) is 0 Å². The van der Waals surface area contributed by atoms with E-state index in [0.29, 0.717) is 5.56 Å². The van der Waals surface area contributed by atoms with Crippen molar-refractivity contribution in [3.05, 3.63) is 69.8 Å². The van der Waals surface area contributed by atoms with Crippen molar-refractivity contribution in [2.45, 2.75) is 6.10 Å². The molecule has 5 nitrogen and oxygen atoms in total. The number of hydrogen-bond donors (Lipinski definition) is 1. The maximum absolute atomic E-state index is 13.0. The number of benzene rings is 2. The van der Waals surface area contributed by atoms with Gasteiger partial charge in [-0.15, -0.1) is 0 Å². The lowest BCUT2D eigenvalue weighted by Gasteiger charge is -2.12. The van der Waals surface area contributed by atoms with Crippen LogP contribution >= 0.6 is 0 Å². The molecule has 2 aromatic carbocycles. The SMILES string of the molecule is O=[N+]([O-])c1cccc(C(O)COc2ccc(F)c(F)c2)c1. The summed E-state index contributed by atoms with van der Waals surface area (Å²) in [7, 11) is 0. The van der Waals surface area contributed by atoms with Gasteiger partial charge in [0.1, 0.15) is 18.5 Å². The number of nitro groups is 1. The Kier molecular flexibility index (Phi) is 4.44. The van der Waals surface area contributed by atoms with Gasteiger partial charge < -0.3 is 9.84 Å². The molecular formula is C14H11F2NO4. The lowest BCUT2D eigenvalue weighted by atomic mass is 10.1. The highest BCUT2D eigenvalue weighted by Gasteiger charge is 2.13. The van der Waals surface area contributed by atoms with Crippen LogP contribution in [0.4, 0.5) is 14.5 Å². The first-order valence-corrected chi connectivity index (χ1v) is 5.97. The molecule has 0 fully saturated rings. The third-order valence-corrected chi connectivity index (χ3v) is 2.76. The standard InChI is InChI=1S/C14H11F2NO4/c15-12-5-4-11(7-13(12)16)21-8-14(18)9-2-1-3-10(6-9)17(19)20/h1-7,14,18H,8H2. The van der Waals surface area contributed by atoms with Gasteiger partial charge in [-0.1, -0.05) is 12.1 Å². The first kappa shape index (κ1) is 14.9.